The Morgan fingerprint density at radius 1 is 1.08 bits per heavy atom. The van der Waals surface area contributed by atoms with E-state index in [0.717, 1.165) is 29.0 Å². The van der Waals surface area contributed by atoms with Gasteiger partial charge in [0.2, 0.25) is 5.91 Å². The Labute approximate surface area is 148 Å². The predicted molar refractivity (Wildman–Crippen MR) is 93.7 cm³/mol. The topological polar surface area (TPSA) is 71.1 Å². The summed E-state index contributed by atoms with van der Waals surface area (Å²) >= 11 is 0. The van der Waals surface area contributed by atoms with Crippen LogP contribution >= 0.6 is 0 Å². The van der Waals surface area contributed by atoms with Crippen molar-refractivity contribution in [3.05, 3.63) is 72.1 Å². The van der Waals surface area contributed by atoms with E-state index in [1.807, 2.05) is 6.07 Å². The maximum Gasteiger partial charge on any atom is 0.251 e. The van der Waals surface area contributed by atoms with E-state index in [1.54, 1.807) is 30.6 Å². The van der Waals surface area contributed by atoms with Gasteiger partial charge in [-0.25, -0.2) is 8.78 Å². The number of hydrogen-bond acceptors (Lipinski definition) is 3. The Morgan fingerprint density at radius 2 is 1.92 bits per heavy atom. The SMILES string of the molecule is O=C(CCNC(=O)c1cccc2cnccc12)Nc1cc(F)ccc1F. The summed E-state index contributed by atoms with van der Waals surface area (Å²) < 4.78 is 26.6. The molecule has 0 aliphatic carbocycles. The van der Waals surface area contributed by atoms with Crippen LogP contribution in [-0.2, 0) is 4.79 Å². The molecule has 1 heterocycles. The zero-order valence-corrected chi connectivity index (χ0v) is 13.6. The van der Waals surface area contributed by atoms with E-state index >= 15 is 0 Å². The average Bonchev–Trinajstić information content (AvgIpc) is 2.64. The Morgan fingerprint density at radius 3 is 2.77 bits per heavy atom. The van der Waals surface area contributed by atoms with Crippen molar-refractivity contribution in [3.63, 3.8) is 0 Å². The first-order valence-electron chi connectivity index (χ1n) is 7.90. The van der Waals surface area contributed by atoms with E-state index in [2.05, 4.69) is 15.6 Å². The number of pyridine rings is 1. The van der Waals surface area contributed by atoms with Crippen LogP contribution in [0.2, 0.25) is 0 Å². The van der Waals surface area contributed by atoms with Crippen LogP contribution < -0.4 is 10.6 Å². The molecule has 3 rings (SSSR count). The Bertz CT molecular complexity index is 971. The molecule has 0 spiro atoms. The van der Waals surface area contributed by atoms with Gasteiger partial charge in [-0.2, -0.15) is 0 Å². The number of amides is 2. The molecule has 0 unspecified atom stereocenters. The highest BCUT2D eigenvalue weighted by molar-refractivity contribution is 6.06. The highest BCUT2D eigenvalue weighted by atomic mass is 19.1. The van der Waals surface area contributed by atoms with Crippen molar-refractivity contribution in [2.45, 2.75) is 6.42 Å². The maximum atomic E-state index is 13.5. The fourth-order valence-electron chi connectivity index (χ4n) is 2.51. The summed E-state index contributed by atoms with van der Waals surface area (Å²) in [5, 5.41) is 6.52. The number of fused-ring (bicyclic) bond motifs is 1. The largest absolute Gasteiger partial charge is 0.352 e. The molecule has 1 aromatic heterocycles. The molecule has 132 valence electrons. The van der Waals surface area contributed by atoms with Crippen molar-refractivity contribution < 1.29 is 18.4 Å². The molecule has 2 N–H and O–H groups in total. The third kappa shape index (κ3) is 4.00. The second-order valence-electron chi connectivity index (χ2n) is 5.58. The van der Waals surface area contributed by atoms with Gasteiger partial charge in [0, 0.05) is 42.4 Å². The van der Waals surface area contributed by atoms with Gasteiger partial charge in [-0.15, -0.1) is 0 Å². The summed E-state index contributed by atoms with van der Waals surface area (Å²) in [5.41, 5.74) is 0.240. The second kappa shape index (κ2) is 7.69. The second-order valence-corrected chi connectivity index (χ2v) is 5.58. The first-order chi connectivity index (χ1) is 12.5. The van der Waals surface area contributed by atoms with E-state index in [0.29, 0.717) is 5.56 Å². The number of nitrogens with zero attached hydrogens (tertiary/aromatic N) is 1. The summed E-state index contributed by atoms with van der Waals surface area (Å²) in [5.74, 6) is -2.24. The highest BCUT2D eigenvalue weighted by Gasteiger charge is 2.11. The monoisotopic (exact) mass is 355 g/mol. The minimum atomic E-state index is -0.729. The lowest BCUT2D eigenvalue weighted by Crippen LogP contribution is -2.28. The number of benzene rings is 2. The van der Waals surface area contributed by atoms with E-state index in [-0.39, 0.29) is 24.6 Å². The van der Waals surface area contributed by atoms with Gasteiger partial charge in [-0.05, 0) is 29.7 Å². The molecule has 0 saturated heterocycles. The van der Waals surface area contributed by atoms with E-state index in [4.69, 9.17) is 0 Å². The van der Waals surface area contributed by atoms with Gasteiger partial charge in [0.25, 0.3) is 5.91 Å². The van der Waals surface area contributed by atoms with Crippen molar-refractivity contribution in [2.24, 2.45) is 0 Å². The molecule has 3 aromatic rings. The molecule has 7 heteroatoms. The van der Waals surface area contributed by atoms with Crippen molar-refractivity contribution in [2.75, 3.05) is 11.9 Å². The molecular weight excluding hydrogens is 340 g/mol. The molecule has 0 atom stereocenters. The van der Waals surface area contributed by atoms with Crippen LogP contribution in [0.4, 0.5) is 14.5 Å². The van der Waals surface area contributed by atoms with Crippen LogP contribution in [0.25, 0.3) is 10.8 Å². The van der Waals surface area contributed by atoms with Crippen molar-refractivity contribution in [1.82, 2.24) is 10.3 Å². The van der Waals surface area contributed by atoms with Crippen LogP contribution in [0.3, 0.4) is 0 Å². The van der Waals surface area contributed by atoms with Gasteiger partial charge in [0.05, 0.1) is 5.69 Å². The van der Waals surface area contributed by atoms with Crippen molar-refractivity contribution in [3.8, 4) is 0 Å². The summed E-state index contributed by atoms with van der Waals surface area (Å²) in [6.45, 7) is 0.0586. The minimum Gasteiger partial charge on any atom is -0.352 e. The van der Waals surface area contributed by atoms with Gasteiger partial charge >= 0.3 is 0 Å². The highest BCUT2D eigenvalue weighted by Crippen LogP contribution is 2.17. The van der Waals surface area contributed by atoms with Gasteiger partial charge < -0.3 is 10.6 Å². The van der Waals surface area contributed by atoms with Crippen LogP contribution in [0, 0.1) is 11.6 Å². The lowest BCUT2D eigenvalue weighted by Gasteiger charge is -2.09. The third-order valence-corrected chi connectivity index (χ3v) is 3.77. The molecule has 0 aliphatic rings. The average molecular weight is 355 g/mol. The van der Waals surface area contributed by atoms with Gasteiger partial charge in [-0.3, -0.25) is 14.6 Å². The Balaban J connectivity index is 1.58. The summed E-state index contributed by atoms with van der Waals surface area (Å²) in [7, 11) is 0. The molecule has 0 bridgehead atoms. The standard InChI is InChI=1S/C19H15F2N3O2/c20-13-4-5-16(21)17(10-13)24-18(25)7-9-23-19(26)15-3-1-2-12-11-22-8-6-14(12)15/h1-6,8,10-11H,7,9H2,(H,23,26)(H,24,25). The molecule has 0 fully saturated rings. The van der Waals surface area contributed by atoms with Crippen LogP contribution in [0.1, 0.15) is 16.8 Å². The molecule has 0 aliphatic heterocycles. The third-order valence-electron chi connectivity index (χ3n) is 3.77. The lowest BCUT2D eigenvalue weighted by molar-refractivity contribution is -0.116. The van der Waals surface area contributed by atoms with Gasteiger partial charge in [0.15, 0.2) is 0 Å². The molecule has 2 amide bonds. The lowest BCUT2D eigenvalue weighted by atomic mass is 10.1. The number of aromatic nitrogens is 1. The fourth-order valence-corrected chi connectivity index (χ4v) is 2.51. The smallest absolute Gasteiger partial charge is 0.251 e. The van der Waals surface area contributed by atoms with Crippen molar-refractivity contribution in [1.29, 1.82) is 0 Å². The molecule has 26 heavy (non-hydrogen) atoms. The number of carbonyl (C=O) groups is 2. The summed E-state index contributed by atoms with van der Waals surface area (Å²) in [6.07, 6.45) is 3.18. The Kier molecular flexibility index (Phi) is 5.17. The van der Waals surface area contributed by atoms with Gasteiger partial charge in [-0.1, -0.05) is 12.1 Å². The molecule has 5 nitrogen and oxygen atoms in total. The summed E-state index contributed by atoms with van der Waals surface area (Å²) in [6, 6.07) is 9.81. The first-order valence-corrected chi connectivity index (χ1v) is 7.90. The quantitative estimate of drug-likeness (QED) is 0.738. The van der Waals surface area contributed by atoms with E-state index in [1.165, 1.54) is 0 Å². The van der Waals surface area contributed by atoms with Gasteiger partial charge in [0.1, 0.15) is 11.6 Å². The zero-order chi connectivity index (χ0) is 18.5. The fraction of sp³-hybridized carbons (Fsp3) is 0.105. The number of rotatable bonds is 5. The molecule has 0 saturated carbocycles. The van der Waals surface area contributed by atoms with Crippen LogP contribution in [0.15, 0.2) is 54.9 Å². The minimum absolute atomic E-state index is 0.0586. The number of hydrogen-bond donors (Lipinski definition) is 2. The number of carbonyl (C=O) groups excluding carboxylic acids is 2. The predicted octanol–water partition coefficient (Wildman–Crippen LogP) is 3.27. The zero-order valence-electron chi connectivity index (χ0n) is 13.6. The molecule has 2 aromatic carbocycles. The molecule has 0 radical (unpaired) electrons. The van der Waals surface area contributed by atoms with E-state index in [9.17, 15) is 18.4 Å². The number of nitrogens with one attached hydrogen (secondary N) is 2. The van der Waals surface area contributed by atoms with Crippen molar-refractivity contribution >= 4 is 28.3 Å². The first kappa shape index (κ1) is 17.5. The number of halogens is 2. The Hall–Kier alpha value is -3.35. The van der Waals surface area contributed by atoms with Crippen LogP contribution in [-0.4, -0.2) is 23.3 Å². The molecular formula is C19H15F2N3O2. The maximum absolute atomic E-state index is 13.5. The normalized spacial score (nSPS) is 10.5. The number of anilines is 1. The summed E-state index contributed by atoms with van der Waals surface area (Å²) in [4.78, 5) is 28.2. The van der Waals surface area contributed by atoms with E-state index < -0.39 is 17.5 Å². The van der Waals surface area contributed by atoms with Crippen LogP contribution in [0.5, 0.6) is 0 Å².